The maximum atomic E-state index is 6.10. The van der Waals surface area contributed by atoms with Crippen molar-refractivity contribution in [1.82, 2.24) is 10.2 Å². The van der Waals surface area contributed by atoms with E-state index in [1.165, 1.54) is 11.8 Å². The number of anilines is 1. The van der Waals surface area contributed by atoms with Gasteiger partial charge in [0.1, 0.15) is 0 Å². The van der Waals surface area contributed by atoms with Crippen LogP contribution in [0.25, 0.3) is 11.7 Å². The number of aromatic nitrogens is 2. The number of halogens is 2. The third-order valence-electron chi connectivity index (χ3n) is 2.56. The Bertz CT molecular complexity index is 774. The predicted molar refractivity (Wildman–Crippen MR) is 85.1 cm³/mol. The molecule has 2 heterocycles. The molecule has 0 aliphatic heterocycles. The van der Waals surface area contributed by atoms with Crippen molar-refractivity contribution in [2.45, 2.75) is 10.6 Å². The van der Waals surface area contributed by atoms with Gasteiger partial charge in [0.15, 0.2) is 10.4 Å². The maximum absolute atomic E-state index is 6.10. The summed E-state index contributed by atoms with van der Waals surface area (Å²) in [6.07, 6.45) is 0. The fourth-order valence-corrected chi connectivity index (χ4v) is 3.02. The van der Waals surface area contributed by atoms with E-state index in [2.05, 4.69) is 26.1 Å². The van der Waals surface area contributed by atoms with Crippen molar-refractivity contribution >= 4 is 45.0 Å². The molecule has 0 saturated carbocycles. The van der Waals surface area contributed by atoms with Crippen LogP contribution in [0.5, 0.6) is 0 Å². The number of hydrogen-bond donors (Lipinski definition) is 1. The number of furan rings is 1. The summed E-state index contributed by atoms with van der Waals surface area (Å²) in [5.41, 5.74) is 6.40. The molecule has 0 atom stereocenters. The lowest BCUT2D eigenvalue weighted by Crippen LogP contribution is -1.86. The number of hydrogen-bond acceptors (Lipinski definition) is 6. The van der Waals surface area contributed by atoms with E-state index in [9.17, 15) is 0 Å². The molecule has 0 saturated heterocycles. The third-order valence-corrected chi connectivity index (χ3v) is 4.47. The molecule has 0 bridgehead atoms. The fraction of sp³-hybridized carbons (Fsp3) is 0.0769. The number of nitrogens with two attached hydrogens (primary N) is 1. The Kier molecular flexibility index (Phi) is 4.23. The maximum Gasteiger partial charge on any atom is 0.283 e. The molecule has 5 nitrogen and oxygen atoms in total. The Hall–Kier alpha value is -1.44. The number of rotatable bonds is 4. The largest absolute Gasteiger partial charge is 0.444 e. The van der Waals surface area contributed by atoms with E-state index in [0.717, 1.165) is 4.90 Å². The minimum Gasteiger partial charge on any atom is -0.444 e. The average molecular weight is 387 g/mol. The van der Waals surface area contributed by atoms with Crippen LogP contribution in [0.2, 0.25) is 5.02 Å². The molecule has 0 aliphatic rings. The first-order valence-electron chi connectivity index (χ1n) is 5.88. The van der Waals surface area contributed by atoms with Crippen molar-refractivity contribution < 1.29 is 8.83 Å². The minimum atomic E-state index is 0.343. The van der Waals surface area contributed by atoms with E-state index in [-0.39, 0.29) is 0 Å². The molecule has 21 heavy (non-hydrogen) atoms. The molecule has 0 fully saturated rings. The SMILES string of the molecule is Nc1ccc(Cl)c(SCc2nnc(-c3ccc(Br)o3)o2)c1. The molecule has 8 heteroatoms. The van der Waals surface area contributed by atoms with Gasteiger partial charge < -0.3 is 14.6 Å². The van der Waals surface area contributed by atoms with Gasteiger partial charge in [-0.15, -0.1) is 22.0 Å². The smallest absolute Gasteiger partial charge is 0.283 e. The van der Waals surface area contributed by atoms with Crippen molar-refractivity contribution in [2.24, 2.45) is 0 Å². The van der Waals surface area contributed by atoms with Gasteiger partial charge in [-0.2, -0.15) is 0 Å². The molecule has 0 unspecified atom stereocenters. The van der Waals surface area contributed by atoms with Gasteiger partial charge in [-0.05, 0) is 46.3 Å². The minimum absolute atomic E-state index is 0.343. The van der Waals surface area contributed by atoms with Gasteiger partial charge in [0.25, 0.3) is 5.89 Å². The lowest BCUT2D eigenvalue weighted by molar-refractivity contribution is 0.486. The van der Waals surface area contributed by atoms with E-state index in [4.69, 9.17) is 26.2 Å². The van der Waals surface area contributed by atoms with E-state index >= 15 is 0 Å². The molecule has 3 aromatic rings. The summed E-state index contributed by atoms with van der Waals surface area (Å²) in [5.74, 6) is 1.85. The standard InChI is InChI=1S/C13H9BrClN3O2S/c14-11-4-3-9(19-11)13-18-17-12(20-13)6-21-10-5-7(16)1-2-8(10)15/h1-5H,6,16H2. The molecule has 0 radical (unpaired) electrons. The van der Waals surface area contributed by atoms with Crippen LogP contribution in [0, 0.1) is 0 Å². The first-order chi connectivity index (χ1) is 10.1. The van der Waals surface area contributed by atoms with Crippen LogP contribution in [0.15, 0.2) is 48.7 Å². The summed E-state index contributed by atoms with van der Waals surface area (Å²) in [6.45, 7) is 0. The van der Waals surface area contributed by atoms with Crippen molar-refractivity contribution in [2.75, 3.05) is 5.73 Å². The molecule has 0 spiro atoms. The van der Waals surface area contributed by atoms with Crippen LogP contribution in [-0.4, -0.2) is 10.2 Å². The number of nitrogen functional groups attached to an aromatic ring is 1. The highest BCUT2D eigenvalue weighted by Gasteiger charge is 2.13. The second-order valence-electron chi connectivity index (χ2n) is 4.08. The number of nitrogens with zero attached hydrogens (tertiary/aromatic N) is 2. The first-order valence-corrected chi connectivity index (χ1v) is 8.03. The fourth-order valence-electron chi connectivity index (χ4n) is 1.61. The third kappa shape index (κ3) is 3.42. The van der Waals surface area contributed by atoms with Crippen molar-refractivity contribution in [1.29, 1.82) is 0 Å². The average Bonchev–Trinajstić information content (AvgIpc) is 3.08. The van der Waals surface area contributed by atoms with Gasteiger partial charge in [0.2, 0.25) is 5.89 Å². The lowest BCUT2D eigenvalue weighted by atomic mass is 10.3. The van der Waals surface area contributed by atoms with E-state index in [1.807, 2.05) is 6.07 Å². The first kappa shape index (κ1) is 14.5. The topological polar surface area (TPSA) is 78.1 Å². The Labute approximate surface area is 138 Å². The highest BCUT2D eigenvalue weighted by Crippen LogP contribution is 2.32. The van der Waals surface area contributed by atoms with Gasteiger partial charge in [0.05, 0.1) is 10.8 Å². The summed E-state index contributed by atoms with van der Waals surface area (Å²) < 4.78 is 11.5. The van der Waals surface area contributed by atoms with E-state index in [1.54, 1.807) is 24.3 Å². The summed E-state index contributed by atoms with van der Waals surface area (Å²) in [4.78, 5) is 0.872. The normalized spacial score (nSPS) is 11.0. The lowest BCUT2D eigenvalue weighted by Gasteiger charge is -2.02. The zero-order valence-electron chi connectivity index (χ0n) is 10.5. The summed E-state index contributed by atoms with van der Waals surface area (Å²) in [6, 6.07) is 8.85. The predicted octanol–water partition coefficient (Wildman–Crippen LogP) is 4.62. The molecular formula is C13H9BrClN3O2S. The van der Waals surface area contributed by atoms with E-state index < -0.39 is 0 Å². The second-order valence-corrected chi connectivity index (χ2v) is 6.29. The highest BCUT2D eigenvalue weighted by atomic mass is 79.9. The van der Waals surface area contributed by atoms with Crippen LogP contribution in [0.3, 0.4) is 0 Å². The Morgan fingerprint density at radius 2 is 2.05 bits per heavy atom. The summed E-state index contributed by atoms with van der Waals surface area (Å²) >= 11 is 10.8. The van der Waals surface area contributed by atoms with Gasteiger partial charge in [-0.25, -0.2) is 0 Å². The summed E-state index contributed by atoms with van der Waals surface area (Å²) in [7, 11) is 0. The van der Waals surface area contributed by atoms with E-state index in [0.29, 0.717) is 38.7 Å². The Morgan fingerprint density at radius 3 is 2.81 bits per heavy atom. The zero-order chi connectivity index (χ0) is 14.8. The molecule has 1 aromatic carbocycles. The van der Waals surface area contributed by atoms with Gasteiger partial charge in [0, 0.05) is 10.6 Å². The zero-order valence-corrected chi connectivity index (χ0v) is 13.7. The quantitative estimate of drug-likeness (QED) is 0.520. The van der Waals surface area contributed by atoms with Crippen molar-refractivity contribution in [3.05, 3.63) is 45.9 Å². The van der Waals surface area contributed by atoms with Crippen LogP contribution < -0.4 is 5.73 Å². The van der Waals surface area contributed by atoms with Crippen molar-refractivity contribution in [3.8, 4) is 11.7 Å². The number of benzene rings is 1. The number of thioether (sulfide) groups is 1. The van der Waals surface area contributed by atoms with Crippen LogP contribution in [0.4, 0.5) is 5.69 Å². The van der Waals surface area contributed by atoms with Gasteiger partial charge in [-0.1, -0.05) is 11.6 Å². The monoisotopic (exact) mass is 385 g/mol. The Morgan fingerprint density at radius 1 is 1.19 bits per heavy atom. The van der Waals surface area contributed by atoms with Gasteiger partial charge >= 0.3 is 0 Å². The second kappa shape index (κ2) is 6.13. The summed E-state index contributed by atoms with van der Waals surface area (Å²) in [5, 5.41) is 8.57. The molecular weight excluding hydrogens is 378 g/mol. The van der Waals surface area contributed by atoms with Gasteiger partial charge in [-0.3, -0.25) is 0 Å². The van der Waals surface area contributed by atoms with Crippen LogP contribution >= 0.6 is 39.3 Å². The Balaban J connectivity index is 1.71. The molecule has 2 aromatic heterocycles. The molecule has 0 amide bonds. The molecule has 0 aliphatic carbocycles. The molecule has 2 N–H and O–H groups in total. The van der Waals surface area contributed by atoms with Crippen molar-refractivity contribution in [3.63, 3.8) is 0 Å². The van der Waals surface area contributed by atoms with Crippen LogP contribution in [0.1, 0.15) is 5.89 Å². The molecule has 3 rings (SSSR count). The highest BCUT2D eigenvalue weighted by molar-refractivity contribution is 9.10. The molecule has 108 valence electrons. The van der Waals surface area contributed by atoms with Crippen LogP contribution in [-0.2, 0) is 5.75 Å².